The molecule has 1 aliphatic rings. The van der Waals surface area contributed by atoms with E-state index >= 15 is 0 Å². The number of nitrogens with zero attached hydrogens (tertiary/aromatic N) is 2. The molecule has 0 atom stereocenters. The van der Waals surface area contributed by atoms with Gasteiger partial charge in [0, 0.05) is 13.1 Å². The summed E-state index contributed by atoms with van der Waals surface area (Å²) in [6, 6.07) is 2.04. The molecule has 0 aliphatic carbocycles. The summed E-state index contributed by atoms with van der Waals surface area (Å²) in [7, 11) is 0. The van der Waals surface area contributed by atoms with Gasteiger partial charge in [0.05, 0.1) is 12.0 Å². The Bertz CT molecular complexity index is 361. The third kappa shape index (κ3) is 3.20. The van der Waals surface area contributed by atoms with E-state index in [0.29, 0.717) is 12.8 Å². The Morgan fingerprint density at radius 2 is 1.74 bits per heavy atom. The Balaban J connectivity index is 2.71. The van der Waals surface area contributed by atoms with Crippen LogP contribution in [0.25, 0.3) is 0 Å². The van der Waals surface area contributed by atoms with Crippen molar-refractivity contribution in [3.8, 4) is 6.07 Å². The zero-order valence-electron chi connectivity index (χ0n) is 11.3. The summed E-state index contributed by atoms with van der Waals surface area (Å²) in [4.78, 5) is 13.7. The smallest absolute Gasteiger partial charge is 0.341 e. The fraction of sp³-hybridized carbons (Fsp3) is 0.846. The first kappa shape index (κ1) is 15.8. The van der Waals surface area contributed by atoms with Crippen LogP contribution in [0.3, 0.4) is 0 Å². The molecule has 1 heterocycles. The number of piperidine rings is 1. The molecule has 0 unspecified atom stereocenters. The Morgan fingerprint density at radius 3 is 2.05 bits per heavy atom. The quantitative estimate of drug-likeness (QED) is 0.795. The minimum atomic E-state index is -4.18. The van der Waals surface area contributed by atoms with E-state index in [9.17, 15) is 23.2 Å². The van der Waals surface area contributed by atoms with Crippen LogP contribution < -0.4 is 0 Å². The number of amides is 1. The number of carbonyl (C=O) groups excluding carboxylic acids is 1. The molecule has 0 N–H and O–H groups in total. The van der Waals surface area contributed by atoms with Gasteiger partial charge < -0.3 is 4.90 Å². The first-order chi connectivity index (χ1) is 8.80. The van der Waals surface area contributed by atoms with Gasteiger partial charge >= 0.3 is 6.18 Å². The van der Waals surface area contributed by atoms with Crippen molar-refractivity contribution in [2.45, 2.75) is 45.7 Å². The summed E-state index contributed by atoms with van der Waals surface area (Å²) in [6.07, 6.45) is -3.54. The molecule has 3 nitrogen and oxygen atoms in total. The number of halogens is 3. The highest BCUT2D eigenvalue weighted by molar-refractivity contribution is 5.85. The molecule has 0 saturated carbocycles. The second kappa shape index (κ2) is 5.81. The Labute approximate surface area is 111 Å². The zero-order chi connectivity index (χ0) is 14.7. The third-order valence-corrected chi connectivity index (χ3v) is 4.08. The molecule has 1 aliphatic heterocycles. The van der Waals surface area contributed by atoms with Crippen LogP contribution in [0.4, 0.5) is 13.2 Å². The number of nitriles is 1. The third-order valence-electron chi connectivity index (χ3n) is 4.08. The molecule has 0 aromatic heterocycles. The van der Waals surface area contributed by atoms with Crippen molar-refractivity contribution < 1.29 is 18.0 Å². The fourth-order valence-electron chi connectivity index (χ4n) is 2.47. The molecule has 1 amide bonds. The van der Waals surface area contributed by atoms with Crippen LogP contribution in [0.5, 0.6) is 0 Å². The summed E-state index contributed by atoms with van der Waals surface area (Å²) in [5.41, 5.74) is -1.08. The van der Waals surface area contributed by atoms with Crippen LogP contribution in [-0.4, -0.2) is 30.1 Å². The predicted octanol–water partition coefficient (Wildman–Crippen LogP) is 3.12. The number of alkyl halides is 3. The van der Waals surface area contributed by atoms with Crippen molar-refractivity contribution in [2.24, 2.45) is 11.3 Å². The molecular weight excluding hydrogens is 257 g/mol. The Hall–Kier alpha value is -1.25. The normalized spacial score (nSPS) is 18.2. The monoisotopic (exact) mass is 276 g/mol. The molecule has 108 valence electrons. The lowest BCUT2D eigenvalue weighted by atomic mass is 9.81. The number of likely N-dealkylation sites (tertiary alicyclic amines) is 1. The van der Waals surface area contributed by atoms with Crippen LogP contribution in [0.15, 0.2) is 0 Å². The summed E-state index contributed by atoms with van der Waals surface area (Å²) in [5.74, 6) is -1.64. The first-order valence-corrected chi connectivity index (χ1v) is 6.58. The van der Waals surface area contributed by atoms with Crippen LogP contribution in [0.2, 0.25) is 0 Å². The molecule has 0 radical (unpaired) electrons. The fourth-order valence-corrected chi connectivity index (χ4v) is 2.47. The number of carbonyl (C=O) groups is 1. The topological polar surface area (TPSA) is 44.1 Å². The highest BCUT2D eigenvalue weighted by Gasteiger charge is 2.44. The van der Waals surface area contributed by atoms with Gasteiger partial charge in [0.1, 0.15) is 5.41 Å². The summed E-state index contributed by atoms with van der Waals surface area (Å²) < 4.78 is 37.6. The molecule has 1 saturated heterocycles. The van der Waals surface area contributed by atoms with Gasteiger partial charge in [-0.1, -0.05) is 13.8 Å². The molecule has 1 rings (SSSR count). The van der Waals surface area contributed by atoms with Gasteiger partial charge in [-0.3, -0.25) is 4.79 Å². The van der Waals surface area contributed by atoms with Gasteiger partial charge in [-0.25, -0.2) is 0 Å². The lowest BCUT2D eigenvalue weighted by Gasteiger charge is -2.37. The largest absolute Gasteiger partial charge is 0.391 e. The number of hydrogen-bond acceptors (Lipinski definition) is 2. The highest BCUT2D eigenvalue weighted by atomic mass is 19.4. The second-order valence-corrected chi connectivity index (χ2v) is 5.01. The highest BCUT2D eigenvalue weighted by Crippen LogP contribution is 2.36. The van der Waals surface area contributed by atoms with Crippen molar-refractivity contribution in [1.82, 2.24) is 4.90 Å². The van der Waals surface area contributed by atoms with Gasteiger partial charge in [-0.2, -0.15) is 18.4 Å². The maximum atomic E-state index is 12.5. The van der Waals surface area contributed by atoms with E-state index in [2.05, 4.69) is 0 Å². The maximum absolute atomic E-state index is 12.5. The van der Waals surface area contributed by atoms with Crippen molar-refractivity contribution >= 4 is 5.91 Å². The predicted molar refractivity (Wildman–Crippen MR) is 64.0 cm³/mol. The molecule has 0 aromatic rings. The molecule has 6 heteroatoms. The molecule has 19 heavy (non-hydrogen) atoms. The van der Waals surface area contributed by atoms with Crippen molar-refractivity contribution in [3.05, 3.63) is 0 Å². The lowest BCUT2D eigenvalue weighted by molar-refractivity contribution is -0.187. The summed E-state index contributed by atoms with van der Waals surface area (Å²) >= 11 is 0. The van der Waals surface area contributed by atoms with E-state index in [1.165, 1.54) is 4.90 Å². The molecular formula is C13H19F3N2O. The average Bonchev–Trinajstić information content (AvgIpc) is 2.40. The molecule has 0 spiro atoms. The Kier molecular flexibility index (Phi) is 4.83. The van der Waals surface area contributed by atoms with Crippen molar-refractivity contribution in [3.63, 3.8) is 0 Å². The van der Waals surface area contributed by atoms with Gasteiger partial charge in [0.2, 0.25) is 5.91 Å². The van der Waals surface area contributed by atoms with E-state index in [0.717, 1.165) is 0 Å². The number of hydrogen-bond donors (Lipinski definition) is 0. The van der Waals surface area contributed by atoms with Crippen molar-refractivity contribution in [2.75, 3.05) is 13.1 Å². The van der Waals surface area contributed by atoms with Crippen LogP contribution in [0.1, 0.15) is 39.5 Å². The van der Waals surface area contributed by atoms with Crippen LogP contribution >= 0.6 is 0 Å². The van der Waals surface area contributed by atoms with E-state index in [1.54, 1.807) is 13.8 Å². The van der Waals surface area contributed by atoms with Gasteiger partial charge in [0.25, 0.3) is 0 Å². The second-order valence-electron chi connectivity index (χ2n) is 5.01. The van der Waals surface area contributed by atoms with E-state index in [1.807, 2.05) is 6.07 Å². The average molecular weight is 276 g/mol. The first-order valence-electron chi connectivity index (χ1n) is 6.58. The minimum absolute atomic E-state index is 0.0653. The van der Waals surface area contributed by atoms with Gasteiger partial charge in [0.15, 0.2) is 0 Å². The van der Waals surface area contributed by atoms with E-state index in [-0.39, 0.29) is 31.8 Å². The van der Waals surface area contributed by atoms with Gasteiger partial charge in [-0.05, 0) is 25.7 Å². The SMILES string of the molecule is CCC(C#N)(CC)C(=O)N1CCC(C(F)(F)F)CC1. The molecule has 0 aromatic carbocycles. The standard InChI is InChI=1S/C13H19F3N2O/c1-3-12(4-2,9-17)11(19)18-7-5-10(6-8-18)13(14,15)16/h10H,3-8H2,1-2H3. The van der Waals surface area contributed by atoms with Crippen LogP contribution in [-0.2, 0) is 4.79 Å². The van der Waals surface area contributed by atoms with E-state index in [4.69, 9.17) is 0 Å². The van der Waals surface area contributed by atoms with Crippen LogP contribution in [0, 0.1) is 22.7 Å². The number of rotatable bonds is 3. The maximum Gasteiger partial charge on any atom is 0.391 e. The zero-order valence-corrected chi connectivity index (χ0v) is 11.3. The van der Waals surface area contributed by atoms with E-state index < -0.39 is 17.5 Å². The van der Waals surface area contributed by atoms with Gasteiger partial charge in [-0.15, -0.1) is 0 Å². The lowest BCUT2D eigenvalue weighted by Crippen LogP contribution is -2.48. The summed E-state index contributed by atoms with van der Waals surface area (Å²) in [5, 5.41) is 9.18. The molecule has 0 bridgehead atoms. The van der Waals surface area contributed by atoms with Crippen molar-refractivity contribution in [1.29, 1.82) is 5.26 Å². The molecule has 1 fully saturated rings. The Morgan fingerprint density at radius 1 is 1.26 bits per heavy atom. The minimum Gasteiger partial charge on any atom is -0.341 e. The summed E-state index contributed by atoms with van der Waals surface area (Å²) in [6.45, 7) is 3.69.